The molecule has 2 heterocycles. The van der Waals surface area contributed by atoms with E-state index in [2.05, 4.69) is 24.8 Å². The average Bonchev–Trinajstić information content (AvgIpc) is 3.02. The molecule has 0 spiro atoms. The quantitative estimate of drug-likeness (QED) is 0.658. The molecule has 3 aliphatic rings. The van der Waals surface area contributed by atoms with E-state index in [1.54, 1.807) is 0 Å². The number of piperidine rings is 1. The minimum Gasteiger partial charge on any atom is -0.459 e. The second-order valence-electron chi connectivity index (χ2n) is 9.60. The van der Waals surface area contributed by atoms with Gasteiger partial charge in [0, 0.05) is 16.7 Å². The number of rotatable bonds is 2. The minimum absolute atomic E-state index is 0.0325. The zero-order chi connectivity index (χ0) is 20.3. The van der Waals surface area contributed by atoms with Gasteiger partial charge in [0.25, 0.3) is 0 Å². The van der Waals surface area contributed by atoms with Gasteiger partial charge in [0.1, 0.15) is 11.5 Å². The van der Waals surface area contributed by atoms with E-state index in [-0.39, 0.29) is 11.2 Å². The Hall–Kier alpha value is -2.20. The van der Waals surface area contributed by atoms with Crippen molar-refractivity contribution >= 4 is 11.6 Å². The first-order valence-electron chi connectivity index (χ1n) is 11.0. The van der Waals surface area contributed by atoms with Crippen molar-refractivity contribution < 1.29 is 14.0 Å². The van der Waals surface area contributed by atoms with Crippen molar-refractivity contribution in [2.24, 2.45) is 0 Å². The highest BCUT2D eigenvalue weighted by atomic mass is 16.3. The molecule has 0 N–H and O–H groups in total. The second-order valence-corrected chi connectivity index (χ2v) is 9.60. The van der Waals surface area contributed by atoms with Crippen LogP contribution in [0.25, 0.3) is 11.3 Å². The number of furan rings is 1. The predicted octanol–water partition coefficient (Wildman–Crippen LogP) is 5.23. The number of ketones is 2. The number of likely N-dealkylation sites (tertiary alicyclic amines) is 1. The molecular weight excluding hydrogens is 362 g/mol. The molecular formula is C25H29NO3. The van der Waals surface area contributed by atoms with E-state index in [0.29, 0.717) is 23.4 Å². The molecule has 2 aromatic rings. The van der Waals surface area contributed by atoms with Crippen molar-refractivity contribution in [1.82, 2.24) is 4.90 Å². The molecule has 0 radical (unpaired) electrons. The molecule has 0 bridgehead atoms. The van der Waals surface area contributed by atoms with Crippen LogP contribution >= 0.6 is 0 Å². The molecule has 4 nitrogen and oxygen atoms in total. The topological polar surface area (TPSA) is 50.5 Å². The molecule has 1 aliphatic heterocycles. The van der Waals surface area contributed by atoms with Crippen LogP contribution in [0.1, 0.15) is 89.1 Å². The number of fused-ring (bicyclic) bond motifs is 5. The third kappa shape index (κ3) is 2.83. The average molecular weight is 392 g/mol. The van der Waals surface area contributed by atoms with Gasteiger partial charge in [-0.2, -0.15) is 0 Å². The van der Waals surface area contributed by atoms with Crippen LogP contribution < -0.4 is 0 Å². The lowest BCUT2D eigenvalue weighted by Gasteiger charge is -2.34. The molecule has 1 aromatic carbocycles. The van der Waals surface area contributed by atoms with E-state index in [1.165, 1.54) is 24.8 Å². The molecule has 152 valence electrons. The molecule has 0 atom stereocenters. The van der Waals surface area contributed by atoms with Crippen LogP contribution in [-0.2, 0) is 18.4 Å². The molecule has 1 fully saturated rings. The lowest BCUT2D eigenvalue weighted by molar-refractivity contribution is 0.0813. The highest BCUT2D eigenvalue weighted by Gasteiger charge is 2.40. The zero-order valence-corrected chi connectivity index (χ0v) is 17.7. The van der Waals surface area contributed by atoms with Gasteiger partial charge in [0.05, 0.1) is 12.1 Å². The van der Waals surface area contributed by atoms with Crippen molar-refractivity contribution in [2.75, 3.05) is 13.1 Å². The Morgan fingerprint density at radius 3 is 2.48 bits per heavy atom. The molecule has 29 heavy (non-hydrogen) atoms. The monoisotopic (exact) mass is 391 g/mol. The summed E-state index contributed by atoms with van der Waals surface area (Å²) in [4.78, 5) is 28.7. The summed E-state index contributed by atoms with van der Waals surface area (Å²) in [5.74, 6) is 0.704. The fourth-order valence-electron chi connectivity index (χ4n) is 5.55. The molecule has 0 saturated carbocycles. The summed E-state index contributed by atoms with van der Waals surface area (Å²) in [5.41, 5.74) is 5.06. The van der Waals surface area contributed by atoms with Gasteiger partial charge in [-0.1, -0.05) is 32.4 Å². The SMILES string of the molecule is Cc1c(CN2CCCCC2)oc2c1C(=O)C(=O)c1c-2ccc2c1CCCC2(C)C. The Bertz CT molecular complexity index is 1020. The Morgan fingerprint density at radius 1 is 1.00 bits per heavy atom. The van der Waals surface area contributed by atoms with Gasteiger partial charge in [-0.15, -0.1) is 0 Å². The summed E-state index contributed by atoms with van der Waals surface area (Å²) in [5, 5.41) is 0. The highest BCUT2D eigenvalue weighted by molar-refractivity contribution is 6.53. The van der Waals surface area contributed by atoms with Crippen molar-refractivity contribution in [3.05, 3.63) is 45.7 Å². The van der Waals surface area contributed by atoms with Gasteiger partial charge in [0.2, 0.25) is 11.6 Å². The van der Waals surface area contributed by atoms with E-state index in [4.69, 9.17) is 4.42 Å². The molecule has 0 unspecified atom stereocenters. The van der Waals surface area contributed by atoms with Crippen molar-refractivity contribution in [3.63, 3.8) is 0 Å². The van der Waals surface area contributed by atoms with Gasteiger partial charge in [0.15, 0.2) is 0 Å². The molecule has 0 amide bonds. The number of benzene rings is 1. The maximum atomic E-state index is 13.2. The van der Waals surface area contributed by atoms with Gasteiger partial charge in [-0.25, -0.2) is 0 Å². The van der Waals surface area contributed by atoms with Crippen LogP contribution in [0.4, 0.5) is 0 Å². The van der Waals surface area contributed by atoms with Crippen LogP contribution in [0.15, 0.2) is 16.5 Å². The third-order valence-corrected chi connectivity index (χ3v) is 7.24. The van der Waals surface area contributed by atoms with Crippen molar-refractivity contribution in [1.29, 1.82) is 0 Å². The molecule has 2 aliphatic carbocycles. The summed E-state index contributed by atoms with van der Waals surface area (Å²) in [6.45, 7) is 9.23. The van der Waals surface area contributed by atoms with E-state index in [1.807, 2.05) is 13.0 Å². The zero-order valence-electron chi connectivity index (χ0n) is 17.7. The van der Waals surface area contributed by atoms with Crippen molar-refractivity contribution in [2.45, 2.75) is 71.3 Å². The number of nitrogens with zero attached hydrogens (tertiary/aromatic N) is 1. The van der Waals surface area contributed by atoms with Crippen LogP contribution in [0, 0.1) is 6.92 Å². The number of carbonyl (C=O) groups excluding carboxylic acids is 2. The molecule has 5 rings (SSSR count). The Morgan fingerprint density at radius 2 is 1.72 bits per heavy atom. The van der Waals surface area contributed by atoms with Crippen LogP contribution in [-0.4, -0.2) is 29.6 Å². The summed E-state index contributed by atoms with van der Waals surface area (Å²) < 4.78 is 6.31. The van der Waals surface area contributed by atoms with Crippen LogP contribution in [0.5, 0.6) is 0 Å². The van der Waals surface area contributed by atoms with E-state index < -0.39 is 5.78 Å². The number of carbonyl (C=O) groups is 2. The first kappa shape index (κ1) is 18.8. The van der Waals surface area contributed by atoms with E-state index in [0.717, 1.165) is 54.8 Å². The first-order valence-corrected chi connectivity index (χ1v) is 11.0. The molecule has 4 heteroatoms. The van der Waals surface area contributed by atoms with Crippen molar-refractivity contribution in [3.8, 4) is 11.3 Å². The number of hydrogen-bond donors (Lipinski definition) is 0. The second kappa shape index (κ2) is 6.66. The molecule has 1 aromatic heterocycles. The standard InChI is InChI=1S/C25H29NO3/c1-15-19(14-26-12-5-4-6-13-26)29-24-17-9-10-18-16(8-7-11-25(18,2)3)21(17)23(28)22(27)20(15)24/h9-10H,4-8,11-14H2,1-3H3. The lowest BCUT2D eigenvalue weighted by atomic mass is 9.69. The van der Waals surface area contributed by atoms with Gasteiger partial charge >= 0.3 is 0 Å². The van der Waals surface area contributed by atoms with Gasteiger partial charge in [-0.05, 0) is 68.7 Å². The van der Waals surface area contributed by atoms with E-state index in [9.17, 15) is 9.59 Å². The Balaban J connectivity index is 1.64. The smallest absolute Gasteiger partial charge is 0.237 e. The summed E-state index contributed by atoms with van der Waals surface area (Å²) in [6, 6.07) is 4.17. The lowest BCUT2D eigenvalue weighted by Crippen LogP contribution is -2.29. The maximum absolute atomic E-state index is 13.2. The van der Waals surface area contributed by atoms with Gasteiger partial charge in [-0.3, -0.25) is 14.5 Å². The third-order valence-electron chi connectivity index (χ3n) is 7.24. The Kier molecular flexibility index (Phi) is 4.32. The van der Waals surface area contributed by atoms with Gasteiger partial charge < -0.3 is 4.42 Å². The normalized spacial score (nSPS) is 20.9. The Labute approximate surface area is 172 Å². The van der Waals surface area contributed by atoms with E-state index >= 15 is 0 Å². The predicted molar refractivity (Wildman–Crippen MR) is 113 cm³/mol. The minimum atomic E-state index is -0.393. The fourth-order valence-corrected chi connectivity index (χ4v) is 5.55. The summed E-state index contributed by atoms with van der Waals surface area (Å²) in [6.07, 6.45) is 6.71. The van der Waals surface area contributed by atoms with Crippen LogP contribution in [0.2, 0.25) is 0 Å². The molecule has 1 saturated heterocycles. The summed E-state index contributed by atoms with van der Waals surface area (Å²) >= 11 is 0. The summed E-state index contributed by atoms with van der Waals surface area (Å²) in [7, 11) is 0. The number of hydrogen-bond acceptors (Lipinski definition) is 4. The maximum Gasteiger partial charge on any atom is 0.237 e. The fraction of sp³-hybridized carbons (Fsp3) is 0.520. The highest BCUT2D eigenvalue weighted by Crippen LogP contribution is 2.45. The van der Waals surface area contributed by atoms with Crippen LogP contribution in [0.3, 0.4) is 0 Å². The first-order chi connectivity index (χ1) is 13.9. The number of Topliss-reactive ketones (excluding diaryl/α,β-unsaturated/α-hetero) is 2. The largest absolute Gasteiger partial charge is 0.459 e.